The monoisotopic (exact) mass is 293 g/mol. The van der Waals surface area contributed by atoms with Crippen molar-refractivity contribution < 1.29 is 19.4 Å². The Balaban J connectivity index is 1.79. The number of benzene rings is 1. The summed E-state index contributed by atoms with van der Waals surface area (Å²) in [6.45, 7) is 0.272. The topological polar surface area (TPSA) is 75.6 Å². The molecule has 1 aromatic rings. The Morgan fingerprint density at radius 3 is 2.90 bits per heavy atom. The lowest BCUT2D eigenvalue weighted by atomic mass is 9.95. The minimum atomic E-state index is -1.13. The van der Waals surface area contributed by atoms with E-state index in [4.69, 9.17) is 4.74 Å². The van der Waals surface area contributed by atoms with E-state index in [9.17, 15) is 14.7 Å². The van der Waals surface area contributed by atoms with Crippen molar-refractivity contribution in [1.82, 2.24) is 5.32 Å². The zero-order chi connectivity index (χ0) is 14.2. The second-order valence-electron chi connectivity index (χ2n) is 5.08. The molecule has 3 rings (SSSR count). The van der Waals surface area contributed by atoms with Crippen LogP contribution in [0.5, 0.6) is 5.75 Å². The quantitative estimate of drug-likeness (QED) is 0.877. The minimum Gasteiger partial charge on any atom is -0.492 e. The van der Waals surface area contributed by atoms with Crippen molar-refractivity contribution in [2.24, 2.45) is 0 Å². The average molecular weight is 293 g/mol. The molecule has 20 heavy (non-hydrogen) atoms. The summed E-state index contributed by atoms with van der Waals surface area (Å²) >= 11 is 1.55. The van der Waals surface area contributed by atoms with Crippen LogP contribution >= 0.6 is 11.8 Å². The molecule has 0 aromatic heterocycles. The second kappa shape index (κ2) is 5.01. The van der Waals surface area contributed by atoms with Crippen LogP contribution in [0.1, 0.15) is 17.9 Å². The first-order chi connectivity index (χ1) is 9.62. The number of fused-ring (bicyclic) bond motifs is 1. The Morgan fingerprint density at radius 1 is 1.40 bits per heavy atom. The molecule has 0 radical (unpaired) electrons. The fourth-order valence-electron chi connectivity index (χ4n) is 2.59. The van der Waals surface area contributed by atoms with Crippen LogP contribution in [0.4, 0.5) is 0 Å². The van der Waals surface area contributed by atoms with Gasteiger partial charge < -0.3 is 15.2 Å². The van der Waals surface area contributed by atoms with Crippen molar-refractivity contribution in [3.63, 3.8) is 0 Å². The van der Waals surface area contributed by atoms with Gasteiger partial charge in [-0.3, -0.25) is 4.79 Å². The van der Waals surface area contributed by atoms with E-state index in [0.717, 1.165) is 11.3 Å². The number of aliphatic carboxylic acids is 1. The van der Waals surface area contributed by atoms with Gasteiger partial charge in [0.25, 0.3) is 0 Å². The van der Waals surface area contributed by atoms with E-state index in [1.165, 1.54) is 0 Å². The van der Waals surface area contributed by atoms with E-state index in [0.29, 0.717) is 17.9 Å². The van der Waals surface area contributed by atoms with Crippen LogP contribution in [0.3, 0.4) is 0 Å². The van der Waals surface area contributed by atoms with Crippen LogP contribution in [0.25, 0.3) is 0 Å². The maximum absolute atomic E-state index is 12.4. The smallest absolute Gasteiger partial charge is 0.330 e. The van der Waals surface area contributed by atoms with E-state index in [1.54, 1.807) is 11.8 Å². The van der Waals surface area contributed by atoms with E-state index >= 15 is 0 Å². The fourth-order valence-corrected chi connectivity index (χ4v) is 3.91. The first-order valence-corrected chi connectivity index (χ1v) is 7.63. The van der Waals surface area contributed by atoms with Gasteiger partial charge in [-0.05, 0) is 18.2 Å². The zero-order valence-electron chi connectivity index (χ0n) is 10.8. The lowest BCUT2D eigenvalue weighted by molar-refractivity contribution is -0.146. The summed E-state index contributed by atoms with van der Waals surface area (Å²) < 4.78 is 5.48. The summed E-state index contributed by atoms with van der Waals surface area (Å²) in [5, 5.41) is 12.1. The highest BCUT2D eigenvalue weighted by Crippen LogP contribution is 2.35. The van der Waals surface area contributed by atoms with Gasteiger partial charge in [0.05, 0.1) is 0 Å². The van der Waals surface area contributed by atoms with Crippen LogP contribution in [-0.2, 0) is 9.59 Å². The number of thioether (sulfide) groups is 1. The molecule has 1 fully saturated rings. The molecule has 0 spiro atoms. The normalized spacial score (nSPS) is 27.7. The number of nitrogens with one attached hydrogen (secondary N) is 1. The SMILES string of the molecule is O=C(N[C@@]1(C(=O)O)CCSC1)[C@H]1COc2ccccc21. The largest absolute Gasteiger partial charge is 0.492 e. The molecule has 2 heterocycles. The third-order valence-electron chi connectivity index (χ3n) is 3.81. The Morgan fingerprint density at radius 2 is 2.20 bits per heavy atom. The maximum atomic E-state index is 12.4. The third-order valence-corrected chi connectivity index (χ3v) is 5.00. The van der Waals surface area contributed by atoms with Crippen molar-refractivity contribution in [3.8, 4) is 5.75 Å². The first-order valence-electron chi connectivity index (χ1n) is 6.47. The fraction of sp³-hybridized carbons (Fsp3) is 0.429. The van der Waals surface area contributed by atoms with E-state index in [1.807, 2.05) is 24.3 Å². The molecule has 2 aliphatic heterocycles. The highest BCUT2D eigenvalue weighted by molar-refractivity contribution is 7.99. The second-order valence-corrected chi connectivity index (χ2v) is 6.19. The van der Waals surface area contributed by atoms with Crippen LogP contribution in [0, 0.1) is 0 Å². The predicted molar refractivity (Wildman–Crippen MR) is 75.1 cm³/mol. The lowest BCUT2D eigenvalue weighted by Crippen LogP contribution is -2.56. The van der Waals surface area contributed by atoms with Gasteiger partial charge in [0.1, 0.15) is 23.8 Å². The van der Waals surface area contributed by atoms with E-state index in [2.05, 4.69) is 5.32 Å². The van der Waals surface area contributed by atoms with Crippen LogP contribution in [0.15, 0.2) is 24.3 Å². The van der Waals surface area contributed by atoms with Crippen molar-refractivity contribution >= 4 is 23.6 Å². The van der Waals surface area contributed by atoms with Gasteiger partial charge in [-0.25, -0.2) is 4.79 Å². The lowest BCUT2D eigenvalue weighted by Gasteiger charge is -2.26. The van der Waals surface area contributed by atoms with E-state index in [-0.39, 0.29) is 12.5 Å². The maximum Gasteiger partial charge on any atom is 0.330 e. The molecular formula is C14H15NO4S. The molecule has 2 aliphatic rings. The molecule has 106 valence electrons. The number of hydrogen-bond acceptors (Lipinski definition) is 4. The molecule has 0 saturated carbocycles. The highest BCUT2D eigenvalue weighted by Gasteiger charge is 2.45. The number of carbonyl (C=O) groups is 2. The number of ether oxygens (including phenoxy) is 1. The van der Waals surface area contributed by atoms with Gasteiger partial charge >= 0.3 is 5.97 Å². The summed E-state index contributed by atoms with van der Waals surface area (Å²) in [7, 11) is 0. The Labute approximate surface area is 120 Å². The van der Waals surface area contributed by atoms with E-state index < -0.39 is 17.4 Å². The molecule has 0 aliphatic carbocycles. The van der Waals surface area contributed by atoms with Crippen LogP contribution in [-0.4, -0.2) is 40.6 Å². The number of amides is 1. The summed E-state index contributed by atoms with van der Waals surface area (Å²) in [5.41, 5.74) is -0.296. The number of carbonyl (C=O) groups excluding carboxylic acids is 1. The number of carboxylic acids is 1. The third kappa shape index (κ3) is 2.14. The molecule has 1 aromatic carbocycles. The van der Waals surface area contributed by atoms with Crippen molar-refractivity contribution in [1.29, 1.82) is 0 Å². The molecule has 0 bridgehead atoms. The summed E-state index contributed by atoms with van der Waals surface area (Å²) in [6, 6.07) is 7.38. The van der Waals surface area contributed by atoms with Gasteiger partial charge in [0.2, 0.25) is 5.91 Å². The average Bonchev–Trinajstić information content (AvgIpc) is 3.05. The molecule has 2 N–H and O–H groups in total. The molecule has 6 heteroatoms. The van der Waals surface area contributed by atoms with Gasteiger partial charge in [0, 0.05) is 11.3 Å². The zero-order valence-corrected chi connectivity index (χ0v) is 11.6. The number of para-hydroxylation sites is 1. The summed E-state index contributed by atoms with van der Waals surface area (Å²) in [4.78, 5) is 23.9. The standard InChI is InChI=1S/C14H15NO4S/c16-12(15-14(13(17)18)5-6-20-8-14)10-7-19-11-4-2-1-3-9(10)11/h1-4,10H,5-8H2,(H,15,16)(H,17,18)/t10-,14-/m0/s1. The molecule has 1 amide bonds. The Hall–Kier alpha value is -1.69. The van der Waals surface area contributed by atoms with Crippen molar-refractivity contribution in [2.45, 2.75) is 17.9 Å². The van der Waals surface area contributed by atoms with Crippen molar-refractivity contribution in [2.75, 3.05) is 18.1 Å². The van der Waals surface area contributed by atoms with Gasteiger partial charge in [-0.15, -0.1) is 0 Å². The highest BCUT2D eigenvalue weighted by atomic mass is 32.2. The molecule has 0 unspecified atom stereocenters. The Bertz CT molecular complexity index is 554. The summed E-state index contributed by atoms with van der Waals surface area (Å²) in [6.07, 6.45) is 0.466. The van der Waals surface area contributed by atoms with Crippen LogP contribution < -0.4 is 10.1 Å². The summed E-state index contributed by atoms with van der Waals surface area (Å²) in [5.74, 6) is 0.238. The van der Waals surface area contributed by atoms with Crippen molar-refractivity contribution in [3.05, 3.63) is 29.8 Å². The van der Waals surface area contributed by atoms with Gasteiger partial charge in [-0.2, -0.15) is 11.8 Å². The molecular weight excluding hydrogens is 278 g/mol. The predicted octanol–water partition coefficient (Wildman–Crippen LogP) is 1.24. The molecule has 1 saturated heterocycles. The molecule has 2 atom stereocenters. The number of carboxylic acid groups (broad SMARTS) is 1. The van der Waals surface area contributed by atoms with Gasteiger partial charge in [0.15, 0.2) is 0 Å². The Kier molecular flexibility index (Phi) is 3.33. The molecule has 5 nitrogen and oxygen atoms in total. The number of rotatable bonds is 3. The minimum absolute atomic E-state index is 0.264. The van der Waals surface area contributed by atoms with Gasteiger partial charge in [-0.1, -0.05) is 18.2 Å². The number of hydrogen-bond donors (Lipinski definition) is 2. The first kappa shape index (κ1) is 13.3. The van der Waals surface area contributed by atoms with Crippen LogP contribution in [0.2, 0.25) is 0 Å².